The van der Waals surface area contributed by atoms with Crippen molar-refractivity contribution in [3.63, 3.8) is 0 Å². The van der Waals surface area contributed by atoms with Crippen LogP contribution in [0.2, 0.25) is 0 Å². The van der Waals surface area contributed by atoms with Gasteiger partial charge in [-0.1, -0.05) is 53.2 Å². The molecule has 0 aromatic rings. The third-order valence-electron chi connectivity index (χ3n) is 13.1. The third kappa shape index (κ3) is 4.07. The number of ketones is 1. The molecule has 0 heterocycles. The van der Waals surface area contributed by atoms with Gasteiger partial charge in [0.2, 0.25) is 0 Å². The first-order valence-corrected chi connectivity index (χ1v) is 17.1. The van der Waals surface area contributed by atoms with Crippen LogP contribution in [0.3, 0.4) is 0 Å². The highest BCUT2D eigenvalue weighted by Crippen LogP contribution is 2.75. The van der Waals surface area contributed by atoms with Crippen molar-refractivity contribution in [3.05, 3.63) is 23.3 Å². The van der Waals surface area contributed by atoms with E-state index < -0.39 is 43.3 Å². The lowest BCUT2D eigenvalue weighted by Crippen LogP contribution is -2.66. The fourth-order valence-electron chi connectivity index (χ4n) is 10.7. The molecule has 0 spiro atoms. The van der Waals surface area contributed by atoms with Gasteiger partial charge in [0.05, 0.1) is 37.0 Å². The van der Waals surface area contributed by atoms with Crippen molar-refractivity contribution in [2.45, 2.75) is 92.6 Å². The van der Waals surface area contributed by atoms with Gasteiger partial charge in [-0.2, -0.15) is 13.7 Å². The molecule has 0 bridgehead atoms. The SMILES string of the molecule is COC(=O)[C@]12CCC(C)(C)C[C@H]1[C@H]1C(=O)C=C3[C@@]4(C)C=C(C#N)[C@H](OS(C)(=O)=O)[C@@](C)(CO)[C@@H]4CC[C@@]3(C)[C@]1(C)CC2. The van der Waals surface area contributed by atoms with Gasteiger partial charge < -0.3 is 9.84 Å². The minimum atomic E-state index is -3.92. The van der Waals surface area contributed by atoms with Crippen LogP contribution in [0.1, 0.15) is 86.5 Å². The van der Waals surface area contributed by atoms with Crippen molar-refractivity contribution in [1.82, 2.24) is 0 Å². The first-order chi connectivity index (χ1) is 19.3. The average molecular weight is 602 g/mol. The number of rotatable bonds is 4. The number of aliphatic hydroxyl groups excluding tert-OH is 1. The first kappa shape index (κ1) is 31.4. The summed E-state index contributed by atoms with van der Waals surface area (Å²) < 4.78 is 35.4. The van der Waals surface area contributed by atoms with Gasteiger partial charge in [0.15, 0.2) is 5.78 Å². The predicted molar refractivity (Wildman–Crippen MR) is 157 cm³/mol. The number of ether oxygens (including phenoxy) is 1. The second kappa shape index (κ2) is 9.49. The van der Waals surface area contributed by atoms with Crippen LogP contribution in [0.25, 0.3) is 0 Å². The van der Waals surface area contributed by atoms with Gasteiger partial charge in [-0.15, -0.1) is 0 Å². The molecule has 232 valence electrons. The molecule has 8 nitrogen and oxygen atoms in total. The zero-order valence-corrected chi connectivity index (χ0v) is 27.2. The van der Waals surface area contributed by atoms with Gasteiger partial charge in [0, 0.05) is 16.7 Å². The molecule has 3 fully saturated rings. The van der Waals surface area contributed by atoms with Crippen molar-refractivity contribution >= 4 is 21.9 Å². The van der Waals surface area contributed by atoms with Crippen molar-refractivity contribution in [2.24, 2.45) is 50.2 Å². The maximum Gasteiger partial charge on any atom is 0.312 e. The van der Waals surface area contributed by atoms with Gasteiger partial charge in [-0.3, -0.25) is 13.8 Å². The predicted octanol–water partition coefficient (Wildman–Crippen LogP) is 5.13. The van der Waals surface area contributed by atoms with E-state index in [9.17, 15) is 28.4 Å². The zero-order valence-electron chi connectivity index (χ0n) is 26.4. The summed E-state index contributed by atoms with van der Waals surface area (Å²) in [5.41, 5.74) is -2.27. The molecule has 3 saturated carbocycles. The number of aliphatic hydroxyl groups is 1. The Morgan fingerprint density at radius 3 is 2.31 bits per heavy atom. The standard InChI is InChI=1S/C33H47NO7S/c1-28(2)11-13-33(27(37)40-7)14-12-32(6)25(21(33)17-28)22(36)15-24-29(3)16-20(18-34)26(41-42(8,38)39)30(4,19-35)23(29)9-10-31(24,32)5/h15-16,21,23,25-26,35H,9-14,17,19H2,1-8H3/t21-,23+,25-,26-,29-,30-,31+,32+,33-/m0/s1. The molecular formula is C33H47NO7S. The number of carbonyl (C=O) groups excluding carboxylic acids is 2. The van der Waals surface area contributed by atoms with Crippen LogP contribution in [0, 0.1) is 61.6 Å². The number of fused-ring (bicyclic) bond motifs is 7. The molecule has 0 aliphatic heterocycles. The number of nitrogens with zero attached hydrogens (tertiary/aromatic N) is 1. The number of allylic oxidation sites excluding steroid dienone is 3. The average Bonchev–Trinajstić information content (AvgIpc) is 2.90. The van der Waals surface area contributed by atoms with Gasteiger partial charge in [0.25, 0.3) is 10.1 Å². The molecule has 0 unspecified atom stereocenters. The molecule has 42 heavy (non-hydrogen) atoms. The topological polar surface area (TPSA) is 131 Å². The highest BCUT2D eigenvalue weighted by molar-refractivity contribution is 7.86. The molecule has 0 aromatic heterocycles. The summed E-state index contributed by atoms with van der Waals surface area (Å²) >= 11 is 0. The summed E-state index contributed by atoms with van der Waals surface area (Å²) in [6, 6.07) is 2.18. The quantitative estimate of drug-likeness (QED) is 0.347. The van der Waals surface area contributed by atoms with Gasteiger partial charge >= 0.3 is 5.97 Å². The van der Waals surface area contributed by atoms with Crippen LogP contribution in [-0.4, -0.2) is 51.4 Å². The van der Waals surface area contributed by atoms with Gasteiger partial charge in [-0.25, -0.2) is 0 Å². The lowest BCUT2D eigenvalue weighted by atomic mass is 9.34. The third-order valence-corrected chi connectivity index (χ3v) is 13.6. The number of carbonyl (C=O) groups is 2. The summed E-state index contributed by atoms with van der Waals surface area (Å²) in [5, 5.41) is 21.0. The second-order valence-electron chi connectivity index (χ2n) is 15.7. The number of esters is 1. The molecule has 5 rings (SSSR count). The molecule has 0 radical (unpaired) electrons. The van der Waals surface area contributed by atoms with Crippen molar-refractivity contribution in [2.75, 3.05) is 20.0 Å². The number of hydrogen-bond donors (Lipinski definition) is 1. The Morgan fingerprint density at radius 1 is 1.10 bits per heavy atom. The molecule has 1 N–H and O–H groups in total. The number of hydrogen-bond acceptors (Lipinski definition) is 8. The highest BCUT2D eigenvalue weighted by Gasteiger charge is 2.71. The summed E-state index contributed by atoms with van der Waals surface area (Å²) in [6.45, 7) is 12.4. The van der Waals surface area contributed by atoms with Gasteiger partial charge in [0.1, 0.15) is 6.10 Å². The van der Waals surface area contributed by atoms with E-state index in [4.69, 9.17) is 8.92 Å². The van der Waals surface area contributed by atoms with Gasteiger partial charge in [-0.05, 0) is 79.1 Å². The minimum absolute atomic E-state index is 0.000619. The summed E-state index contributed by atoms with van der Waals surface area (Å²) in [5.74, 6) is -0.913. The Bertz CT molecular complexity index is 1420. The normalized spacial score (nSPS) is 46.0. The molecule has 9 heteroatoms. The largest absolute Gasteiger partial charge is 0.469 e. The van der Waals surface area contributed by atoms with E-state index in [1.165, 1.54) is 7.11 Å². The first-order valence-electron chi connectivity index (χ1n) is 15.3. The monoisotopic (exact) mass is 601 g/mol. The van der Waals surface area contributed by atoms with E-state index in [1.807, 2.05) is 13.0 Å². The number of nitriles is 1. The Balaban J connectivity index is 1.70. The maximum absolute atomic E-state index is 14.5. The van der Waals surface area contributed by atoms with Crippen molar-refractivity contribution in [1.29, 1.82) is 5.26 Å². The molecular weight excluding hydrogens is 554 g/mol. The van der Waals surface area contributed by atoms with Crippen LogP contribution in [-0.2, 0) is 28.6 Å². The van der Waals surface area contributed by atoms with Crippen LogP contribution >= 0.6 is 0 Å². The highest BCUT2D eigenvalue weighted by atomic mass is 32.2. The Morgan fingerprint density at radius 2 is 1.74 bits per heavy atom. The Kier molecular flexibility index (Phi) is 7.10. The molecule has 5 aliphatic rings. The van der Waals surface area contributed by atoms with E-state index >= 15 is 0 Å². The lowest BCUT2D eigenvalue weighted by molar-refractivity contribution is -0.192. The van der Waals surface area contributed by atoms with Crippen LogP contribution in [0.5, 0.6) is 0 Å². The molecule has 0 amide bonds. The summed E-state index contributed by atoms with van der Waals surface area (Å²) in [6.07, 6.45) is 8.63. The van der Waals surface area contributed by atoms with Crippen molar-refractivity contribution in [3.8, 4) is 6.07 Å². The summed E-state index contributed by atoms with van der Waals surface area (Å²) in [4.78, 5) is 28.0. The van der Waals surface area contributed by atoms with E-state index in [-0.39, 0.29) is 47.1 Å². The van der Waals surface area contributed by atoms with E-state index in [2.05, 4.69) is 33.8 Å². The van der Waals surface area contributed by atoms with Crippen molar-refractivity contribution < 1.29 is 32.0 Å². The second-order valence-corrected chi connectivity index (χ2v) is 17.3. The molecule has 0 aromatic carbocycles. The van der Waals surface area contributed by atoms with Crippen LogP contribution in [0.15, 0.2) is 23.3 Å². The smallest absolute Gasteiger partial charge is 0.312 e. The van der Waals surface area contributed by atoms with E-state index in [0.29, 0.717) is 19.3 Å². The minimum Gasteiger partial charge on any atom is -0.469 e. The van der Waals surface area contributed by atoms with Crippen LogP contribution < -0.4 is 0 Å². The Labute approximate surface area is 251 Å². The number of methoxy groups -OCH3 is 1. The lowest BCUT2D eigenvalue weighted by Gasteiger charge is -2.69. The van der Waals surface area contributed by atoms with Crippen LogP contribution in [0.4, 0.5) is 0 Å². The summed E-state index contributed by atoms with van der Waals surface area (Å²) in [7, 11) is -2.47. The van der Waals surface area contributed by atoms with E-state index in [1.54, 1.807) is 13.0 Å². The fraction of sp³-hybridized carbons (Fsp3) is 0.788. The zero-order chi connectivity index (χ0) is 31.3. The Hall–Kier alpha value is -2.02. The van der Waals surface area contributed by atoms with E-state index in [0.717, 1.165) is 37.5 Å². The molecule has 5 aliphatic carbocycles. The maximum atomic E-state index is 14.5. The molecule has 9 atom stereocenters. The fourth-order valence-corrected chi connectivity index (χ4v) is 11.4. The molecule has 0 saturated heterocycles.